The molecule has 1 aromatic heterocycles. The highest BCUT2D eigenvalue weighted by molar-refractivity contribution is 6.00. The number of aromatic hydroxyl groups is 1. The second-order valence-corrected chi connectivity index (χ2v) is 12.3. The summed E-state index contributed by atoms with van der Waals surface area (Å²) < 4.78 is 29.1. The summed E-state index contributed by atoms with van der Waals surface area (Å²) in [4.78, 5) is 13.6. The van der Waals surface area contributed by atoms with Gasteiger partial charge in [0.1, 0.15) is 24.8 Å². The van der Waals surface area contributed by atoms with Gasteiger partial charge in [0.15, 0.2) is 23.1 Å². The van der Waals surface area contributed by atoms with E-state index < -0.39 is 5.82 Å². The normalized spacial score (nSPS) is 13.6. The summed E-state index contributed by atoms with van der Waals surface area (Å²) in [6.07, 6.45) is 1.66. The van der Waals surface area contributed by atoms with Gasteiger partial charge in [0.2, 0.25) is 0 Å². The summed E-state index contributed by atoms with van der Waals surface area (Å²) in [6, 6.07) is 12.9. The van der Waals surface area contributed by atoms with E-state index in [1.807, 2.05) is 65.8 Å². The number of halogens is 1. The number of ketones is 1. The molecule has 4 aromatic rings. The van der Waals surface area contributed by atoms with Crippen LogP contribution in [0.3, 0.4) is 0 Å². The molecule has 0 saturated carbocycles. The van der Waals surface area contributed by atoms with E-state index in [1.54, 1.807) is 29.0 Å². The van der Waals surface area contributed by atoms with Gasteiger partial charge in [0.25, 0.3) is 0 Å². The van der Waals surface area contributed by atoms with Crippen LogP contribution in [0.1, 0.15) is 74.2 Å². The fourth-order valence-corrected chi connectivity index (χ4v) is 5.07. The number of phenols is 1. The van der Waals surface area contributed by atoms with E-state index in [4.69, 9.17) is 15.2 Å². The molecule has 3 aromatic carbocycles. The van der Waals surface area contributed by atoms with Gasteiger partial charge in [-0.3, -0.25) is 4.79 Å². The van der Waals surface area contributed by atoms with Crippen LogP contribution in [0.4, 0.5) is 10.2 Å². The van der Waals surface area contributed by atoms with Gasteiger partial charge in [0, 0.05) is 28.3 Å². The predicted octanol–water partition coefficient (Wildman–Crippen LogP) is 7.02. The minimum atomic E-state index is -0.611. The van der Waals surface area contributed by atoms with Gasteiger partial charge < -0.3 is 24.9 Å². The molecule has 7 heteroatoms. The van der Waals surface area contributed by atoms with Gasteiger partial charge in [0.05, 0.1) is 11.9 Å². The number of rotatable bonds is 3. The lowest BCUT2D eigenvalue weighted by Gasteiger charge is -2.28. The molecule has 2 heterocycles. The van der Waals surface area contributed by atoms with Crippen molar-refractivity contribution in [3.05, 3.63) is 82.3 Å². The minimum absolute atomic E-state index is 0.0101. The van der Waals surface area contributed by atoms with Crippen molar-refractivity contribution >= 4 is 22.4 Å². The topological polar surface area (TPSA) is 86.7 Å². The average molecular weight is 531 g/mol. The van der Waals surface area contributed by atoms with E-state index in [2.05, 4.69) is 0 Å². The molecule has 0 unspecified atom stereocenters. The first-order chi connectivity index (χ1) is 18.3. The minimum Gasteiger partial charge on any atom is -0.507 e. The summed E-state index contributed by atoms with van der Waals surface area (Å²) in [5.74, 6) is -0.160. The number of nitrogen functional groups attached to an aromatic ring is 1. The number of aromatic nitrogens is 1. The van der Waals surface area contributed by atoms with Crippen molar-refractivity contribution in [3.63, 3.8) is 0 Å². The van der Waals surface area contributed by atoms with Crippen molar-refractivity contribution < 1.29 is 23.8 Å². The lowest BCUT2D eigenvalue weighted by Crippen LogP contribution is -2.20. The molecule has 39 heavy (non-hydrogen) atoms. The number of nitrogens with zero attached hydrogens (tertiary/aromatic N) is 1. The summed E-state index contributed by atoms with van der Waals surface area (Å²) in [5, 5.41) is 11.7. The Bertz CT molecular complexity index is 1570. The molecule has 0 aliphatic carbocycles. The van der Waals surface area contributed by atoms with Crippen LogP contribution in [0.25, 0.3) is 10.8 Å². The maximum atomic E-state index is 15.8. The molecular formula is C32H35FN2O4. The number of ether oxygens (including phenoxy) is 2. The molecule has 1 aliphatic heterocycles. The van der Waals surface area contributed by atoms with Gasteiger partial charge in [-0.05, 0) is 40.2 Å². The number of hydrogen-bond acceptors (Lipinski definition) is 5. The highest BCUT2D eigenvalue weighted by Gasteiger charge is 2.29. The third kappa shape index (κ3) is 4.82. The summed E-state index contributed by atoms with van der Waals surface area (Å²) in [6.45, 7) is 12.4. The number of carbonyl (C=O) groups is 1. The smallest absolute Gasteiger partial charge is 0.198 e. The number of Topliss-reactive ketones (excluding diaryl/α,β-unsaturated/α-hetero) is 1. The highest BCUT2D eigenvalue weighted by Crippen LogP contribution is 2.42. The number of hydrogen-bond donors (Lipinski definition) is 2. The van der Waals surface area contributed by atoms with Gasteiger partial charge in [-0.25, -0.2) is 4.39 Å². The number of carbonyl (C=O) groups excluding carboxylic acids is 1. The van der Waals surface area contributed by atoms with E-state index in [9.17, 15) is 9.90 Å². The summed E-state index contributed by atoms with van der Waals surface area (Å²) in [5.41, 5.74) is 9.43. The van der Waals surface area contributed by atoms with Crippen molar-refractivity contribution in [2.75, 3.05) is 5.73 Å². The number of fused-ring (bicyclic) bond motifs is 3. The van der Waals surface area contributed by atoms with E-state index in [0.29, 0.717) is 34.4 Å². The molecule has 204 valence electrons. The number of anilines is 1. The second-order valence-electron chi connectivity index (χ2n) is 12.3. The molecule has 0 saturated heterocycles. The number of nitrogens with two attached hydrogens (primary N) is 1. The van der Waals surface area contributed by atoms with E-state index in [-0.39, 0.29) is 52.5 Å². The molecule has 5 rings (SSSR count). The first-order valence-corrected chi connectivity index (χ1v) is 13.1. The SMILES string of the molecule is CC(C)(C)c1cc(C(=O)Cn2cc3cc4c(c(F)c3c2N)OCc2ccccc2CO4)cc(C(C)(C)C)c1O. The van der Waals surface area contributed by atoms with Crippen LogP contribution in [0.5, 0.6) is 17.2 Å². The van der Waals surface area contributed by atoms with Crippen molar-refractivity contribution in [2.45, 2.75) is 72.1 Å². The van der Waals surface area contributed by atoms with Crippen molar-refractivity contribution in [3.8, 4) is 17.2 Å². The molecule has 0 radical (unpaired) electrons. The maximum Gasteiger partial charge on any atom is 0.198 e. The Morgan fingerprint density at radius 2 is 1.54 bits per heavy atom. The molecule has 0 amide bonds. The van der Waals surface area contributed by atoms with E-state index in [0.717, 1.165) is 11.1 Å². The van der Waals surface area contributed by atoms with Crippen LogP contribution < -0.4 is 15.2 Å². The first kappa shape index (κ1) is 26.6. The van der Waals surface area contributed by atoms with Gasteiger partial charge in [-0.2, -0.15) is 0 Å². The molecule has 1 aliphatic rings. The average Bonchev–Trinajstić information content (AvgIpc) is 3.14. The Labute approximate surface area is 228 Å². The Hall–Kier alpha value is -4.00. The van der Waals surface area contributed by atoms with Crippen molar-refractivity contribution in [1.29, 1.82) is 0 Å². The maximum absolute atomic E-state index is 15.8. The van der Waals surface area contributed by atoms with Crippen molar-refractivity contribution in [2.24, 2.45) is 0 Å². The third-order valence-electron chi connectivity index (χ3n) is 7.31. The molecule has 0 fully saturated rings. The Morgan fingerprint density at radius 3 is 2.10 bits per heavy atom. The number of phenolic OH excluding ortho intramolecular Hbond substituents is 1. The van der Waals surface area contributed by atoms with Gasteiger partial charge in [-0.1, -0.05) is 65.8 Å². The molecule has 0 bridgehead atoms. The Morgan fingerprint density at radius 1 is 0.974 bits per heavy atom. The van der Waals surface area contributed by atoms with Crippen LogP contribution in [-0.4, -0.2) is 15.5 Å². The van der Waals surface area contributed by atoms with E-state index >= 15 is 4.39 Å². The monoisotopic (exact) mass is 530 g/mol. The fraction of sp³-hybridized carbons (Fsp3) is 0.344. The first-order valence-electron chi connectivity index (χ1n) is 13.1. The van der Waals surface area contributed by atoms with Gasteiger partial charge in [-0.15, -0.1) is 0 Å². The molecule has 6 nitrogen and oxygen atoms in total. The Kier molecular flexibility index (Phi) is 6.36. The quantitative estimate of drug-likeness (QED) is 0.278. The molecular weight excluding hydrogens is 495 g/mol. The fourth-order valence-electron chi connectivity index (χ4n) is 5.07. The van der Waals surface area contributed by atoms with Crippen LogP contribution in [0, 0.1) is 5.82 Å². The third-order valence-corrected chi connectivity index (χ3v) is 7.31. The largest absolute Gasteiger partial charge is 0.507 e. The van der Waals surface area contributed by atoms with Crippen LogP contribution >= 0.6 is 0 Å². The molecule has 3 N–H and O–H groups in total. The van der Waals surface area contributed by atoms with Crippen LogP contribution in [0.15, 0.2) is 48.7 Å². The standard InChI is InChI=1S/C32H35FN2O4/c1-31(2,3)22-11-20(12-23(28(22)37)32(4,5)6)24(36)15-35-14-21-13-25-29(27(33)26(21)30(35)34)39-17-19-10-8-7-9-18(19)16-38-25/h7-14,37H,15-17,34H2,1-6H3. The zero-order chi connectivity index (χ0) is 28.3. The van der Waals surface area contributed by atoms with E-state index in [1.165, 1.54) is 0 Å². The Balaban J connectivity index is 1.53. The van der Waals surface area contributed by atoms with Crippen LogP contribution in [-0.2, 0) is 30.6 Å². The van der Waals surface area contributed by atoms with Crippen molar-refractivity contribution in [1.82, 2.24) is 4.57 Å². The molecule has 0 spiro atoms. The summed E-state index contributed by atoms with van der Waals surface area (Å²) in [7, 11) is 0. The zero-order valence-corrected chi connectivity index (χ0v) is 23.3. The number of benzene rings is 3. The second kappa shape index (κ2) is 9.33. The lowest BCUT2D eigenvalue weighted by atomic mass is 9.78. The highest BCUT2D eigenvalue weighted by atomic mass is 19.1. The molecule has 0 atom stereocenters. The predicted molar refractivity (Wildman–Crippen MR) is 151 cm³/mol. The lowest BCUT2D eigenvalue weighted by molar-refractivity contribution is 0.0972. The zero-order valence-electron chi connectivity index (χ0n) is 23.3. The summed E-state index contributed by atoms with van der Waals surface area (Å²) >= 11 is 0. The van der Waals surface area contributed by atoms with Gasteiger partial charge >= 0.3 is 0 Å². The van der Waals surface area contributed by atoms with Crippen LogP contribution in [0.2, 0.25) is 0 Å².